The summed E-state index contributed by atoms with van der Waals surface area (Å²) >= 11 is 0. The average molecular weight is 310 g/mol. The van der Waals surface area contributed by atoms with Gasteiger partial charge in [0.2, 0.25) is 0 Å². The van der Waals surface area contributed by atoms with Crippen molar-refractivity contribution in [2.45, 2.75) is 6.92 Å². The minimum Gasteiger partial charge on any atom is -0.330 e. The first kappa shape index (κ1) is 15.8. The third-order valence-electron chi connectivity index (χ3n) is 3.41. The first-order chi connectivity index (χ1) is 9.87. The molecule has 1 aromatic heterocycles. The van der Waals surface area contributed by atoms with Crippen molar-refractivity contribution in [1.29, 1.82) is 0 Å². The summed E-state index contributed by atoms with van der Waals surface area (Å²) in [6, 6.07) is 7.06. The molecule has 0 saturated carbocycles. The number of fused-ring (bicyclic) bond motifs is 1. The summed E-state index contributed by atoms with van der Waals surface area (Å²) in [4.78, 5) is 13.9. The lowest BCUT2D eigenvalue weighted by Crippen LogP contribution is -2.28. The Morgan fingerprint density at radius 2 is 1.76 bits per heavy atom. The minimum atomic E-state index is -3.46. The van der Waals surface area contributed by atoms with Crippen LogP contribution in [0, 0.1) is 6.92 Å². The molecule has 2 aromatic rings. The van der Waals surface area contributed by atoms with Gasteiger partial charge < -0.3 is 13.9 Å². The van der Waals surface area contributed by atoms with Gasteiger partial charge in [0, 0.05) is 39.4 Å². The van der Waals surface area contributed by atoms with E-state index < -0.39 is 7.60 Å². The lowest BCUT2D eigenvalue weighted by molar-refractivity contribution is 0.219. The van der Waals surface area contributed by atoms with Crippen molar-refractivity contribution in [2.75, 3.05) is 28.3 Å². The topological polar surface area (TPSA) is 60.8 Å². The van der Waals surface area contributed by atoms with Crippen LogP contribution in [0.5, 0.6) is 0 Å². The lowest BCUT2D eigenvalue weighted by Gasteiger charge is -2.16. The van der Waals surface area contributed by atoms with Crippen molar-refractivity contribution in [3.05, 3.63) is 30.0 Å². The monoisotopic (exact) mass is 310 g/mol. The number of hydrogen-bond acceptors (Lipinski definition) is 4. The molecule has 0 bridgehead atoms. The Hall–Kier alpha value is -1.62. The summed E-state index contributed by atoms with van der Waals surface area (Å²) in [6.45, 7) is 1.74. The van der Waals surface area contributed by atoms with Gasteiger partial charge in [-0.2, -0.15) is 0 Å². The molecule has 0 unspecified atom stereocenters. The van der Waals surface area contributed by atoms with Crippen LogP contribution in [0.4, 0.5) is 4.79 Å². The molecule has 0 saturated heterocycles. The SMILES string of the molecule is COP(=O)(OC)c1c(C)n(C(=O)N(C)C)c2ccccc12. The van der Waals surface area contributed by atoms with Crippen molar-refractivity contribution in [2.24, 2.45) is 0 Å². The molecule has 0 aliphatic carbocycles. The highest BCUT2D eigenvalue weighted by atomic mass is 31.2. The van der Waals surface area contributed by atoms with Gasteiger partial charge in [0.15, 0.2) is 0 Å². The third kappa shape index (κ3) is 2.39. The van der Waals surface area contributed by atoms with Crippen molar-refractivity contribution in [1.82, 2.24) is 9.47 Å². The van der Waals surface area contributed by atoms with Crippen LogP contribution in [0.15, 0.2) is 24.3 Å². The van der Waals surface area contributed by atoms with Gasteiger partial charge in [0.05, 0.1) is 10.8 Å². The molecule has 6 nitrogen and oxygen atoms in total. The van der Waals surface area contributed by atoms with Gasteiger partial charge in [-0.1, -0.05) is 18.2 Å². The summed E-state index contributed by atoms with van der Waals surface area (Å²) < 4.78 is 24.6. The van der Waals surface area contributed by atoms with Gasteiger partial charge in [-0.3, -0.25) is 9.13 Å². The molecule has 0 N–H and O–H groups in total. The highest BCUT2D eigenvalue weighted by Crippen LogP contribution is 2.48. The van der Waals surface area contributed by atoms with Gasteiger partial charge in [0.1, 0.15) is 0 Å². The molecule has 0 radical (unpaired) electrons. The van der Waals surface area contributed by atoms with Crippen LogP contribution in [0.25, 0.3) is 10.9 Å². The van der Waals surface area contributed by atoms with Crippen molar-refractivity contribution < 1.29 is 18.4 Å². The number of aromatic nitrogens is 1. The van der Waals surface area contributed by atoms with Crippen molar-refractivity contribution >= 4 is 29.8 Å². The molecule has 0 atom stereocenters. The van der Waals surface area contributed by atoms with E-state index in [-0.39, 0.29) is 6.03 Å². The summed E-state index contributed by atoms with van der Waals surface area (Å²) in [7, 11) is 2.55. The Labute approximate surface area is 123 Å². The number of carbonyl (C=O) groups excluding carboxylic acids is 1. The van der Waals surface area contributed by atoms with E-state index in [2.05, 4.69) is 0 Å². The second-order valence-electron chi connectivity index (χ2n) is 4.83. The highest BCUT2D eigenvalue weighted by Gasteiger charge is 2.33. The Morgan fingerprint density at radius 3 is 2.29 bits per heavy atom. The van der Waals surface area contributed by atoms with E-state index in [1.165, 1.54) is 23.7 Å². The maximum Gasteiger partial charge on any atom is 0.363 e. The molecular weight excluding hydrogens is 291 g/mol. The molecule has 21 heavy (non-hydrogen) atoms. The van der Waals surface area contributed by atoms with Gasteiger partial charge in [-0.15, -0.1) is 0 Å². The number of carbonyl (C=O) groups is 1. The Bertz CT molecular complexity index is 728. The fraction of sp³-hybridized carbons (Fsp3) is 0.357. The Morgan fingerprint density at radius 1 is 1.19 bits per heavy atom. The van der Waals surface area contributed by atoms with Crippen LogP contribution in [-0.4, -0.2) is 43.8 Å². The number of amides is 1. The molecule has 0 spiro atoms. The second kappa shape index (κ2) is 5.64. The van der Waals surface area contributed by atoms with Crippen molar-refractivity contribution in [3.8, 4) is 0 Å². The van der Waals surface area contributed by atoms with E-state index in [1.807, 2.05) is 24.3 Å². The van der Waals surface area contributed by atoms with Gasteiger partial charge in [-0.05, 0) is 13.0 Å². The number of nitrogens with zero attached hydrogens (tertiary/aromatic N) is 2. The van der Waals surface area contributed by atoms with Gasteiger partial charge >= 0.3 is 13.6 Å². The van der Waals surface area contributed by atoms with E-state index in [1.54, 1.807) is 21.0 Å². The van der Waals surface area contributed by atoms with Crippen LogP contribution in [0.2, 0.25) is 0 Å². The molecular formula is C14H19N2O4P. The standard InChI is InChI=1S/C14H19N2O4P/c1-10-13(21(18,19-4)20-5)11-8-6-7-9-12(11)16(10)14(17)15(2)3/h6-9H,1-5H3. The zero-order chi connectivity index (χ0) is 15.8. The molecule has 1 heterocycles. The van der Waals surface area contributed by atoms with E-state index in [0.29, 0.717) is 21.9 Å². The van der Waals surface area contributed by atoms with E-state index in [0.717, 1.165) is 0 Å². The molecule has 7 heteroatoms. The van der Waals surface area contributed by atoms with Crippen LogP contribution in [0.3, 0.4) is 0 Å². The Balaban J connectivity index is 2.89. The maximum atomic E-state index is 12.8. The fourth-order valence-electron chi connectivity index (χ4n) is 2.40. The largest absolute Gasteiger partial charge is 0.363 e. The number of para-hydroxylation sites is 1. The van der Waals surface area contributed by atoms with Crippen molar-refractivity contribution in [3.63, 3.8) is 0 Å². The molecule has 0 aliphatic heterocycles. The molecule has 0 fully saturated rings. The summed E-state index contributed by atoms with van der Waals surface area (Å²) in [6.07, 6.45) is 0. The van der Waals surface area contributed by atoms with Crippen LogP contribution in [-0.2, 0) is 13.6 Å². The normalized spacial score (nSPS) is 11.9. The summed E-state index contributed by atoms with van der Waals surface area (Å²) in [5.74, 6) is 0. The third-order valence-corrected chi connectivity index (χ3v) is 5.48. The van der Waals surface area contributed by atoms with Gasteiger partial charge in [0.25, 0.3) is 0 Å². The predicted molar refractivity (Wildman–Crippen MR) is 82.4 cm³/mol. The zero-order valence-electron chi connectivity index (χ0n) is 12.8. The lowest BCUT2D eigenvalue weighted by atomic mass is 10.2. The average Bonchev–Trinajstić information content (AvgIpc) is 2.78. The summed E-state index contributed by atoms with van der Waals surface area (Å²) in [5, 5.41) is 1.12. The molecule has 1 amide bonds. The fourth-order valence-corrected chi connectivity index (χ4v) is 3.89. The molecule has 2 rings (SSSR count). The van der Waals surface area contributed by atoms with Crippen LogP contribution < -0.4 is 5.30 Å². The van der Waals surface area contributed by atoms with E-state index in [4.69, 9.17) is 9.05 Å². The quantitative estimate of drug-likeness (QED) is 0.818. The minimum absolute atomic E-state index is 0.214. The van der Waals surface area contributed by atoms with Crippen LogP contribution >= 0.6 is 7.60 Å². The first-order valence-corrected chi connectivity index (χ1v) is 7.95. The maximum absolute atomic E-state index is 12.8. The van der Waals surface area contributed by atoms with Crippen LogP contribution in [0.1, 0.15) is 5.69 Å². The Kier molecular flexibility index (Phi) is 4.23. The number of benzene rings is 1. The zero-order valence-corrected chi connectivity index (χ0v) is 13.7. The molecule has 1 aromatic carbocycles. The number of hydrogen-bond donors (Lipinski definition) is 0. The van der Waals surface area contributed by atoms with E-state index >= 15 is 0 Å². The highest BCUT2D eigenvalue weighted by molar-refractivity contribution is 7.62. The smallest absolute Gasteiger partial charge is 0.330 e. The van der Waals surface area contributed by atoms with Gasteiger partial charge in [-0.25, -0.2) is 4.79 Å². The molecule has 0 aliphatic rings. The number of rotatable bonds is 3. The summed E-state index contributed by atoms with van der Waals surface area (Å²) in [5.41, 5.74) is 1.24. The first-order valence-electron chi connectivity index (χ1n) is 6.41. The second-order valence-corrected chi connectivity index (χ2v) is 7.00. The van der Waals surface area contributed by atoms with E-state index in [9.17, 15) is 9.36 Å². The predicted octanol–water partition coefficient (Wildman–Crippen LogP) is 2.59. The molecule has 114 valence electrons.